The van der Waals surface area contributed by atoms with Crippen LogP contribution in [-0.4, -0.2) is 10.1 Å². The van der Waals surface area contributed by atoms with E-state index in [1.54, 1.807) is 24.3 Å². The number of benzene rings is 1. The molecule has 0 aliphatic rings. The van der Waals surface area contributed by atoms with Crippen LogP contribution >= 0.6 is 11.6 Å². The van der Waals surface area contributed by atoms with Crippen molar-refractivity contribution in [3.05, 3.63) is 35.4 Å². The van der Waals surface area contributed by atoms with Gasteiger partial charge in [-0.05, 0) is 18.2 Å². The van der Waals surface area contributed by atoms with Gasteiger partial charge >= 0.3 is 0 Å². The lowest BCUT2D eigenvalue weighted by atomic mass is 10.3. The van der Waals surface area contributed by atoms with Crippen LogP contribution in [0.5, 0.6) is 0 Å². The molecule has 0 saturated carbocycles. The van der Waals surface area contributed by atoms with Gasteiger partial charge in [-0.3, -0.25) is 0 Å². The molecule has 15 heavy (non-hydrogen) atoms. The number of allylic oxidation sites excluding steroid dienone is 1. The first kappa shape index (κ1) is 9.56. The maximum Gasteiger partial charge on any atom is 0.241 e. The van der Waals surface area contributed by atoms with Crippen molar-refractivity contribution >= 4 is 28.3 Å². The molecule has 4 nitrogen and oxygen atoms in total. The number of aliphatic hydroxyl groups excluding tert-OH is 1. The standard InChI is InChI=1S/C10H5ClN2O2/c11-7-1-2-9-8(3-7)13-10(15-9)6(4-12)5-14/h1-3,5,14H. The fourth-order valence-corrected chi connectivity index (χ4v) is 1.31. The van der Waals surface area contributed by atoms with Crippen LogP contribution in [0.1, 0.15) is 5.89 Å². The van der Waals surface area contributed by atoms with Crippen molar-refractivity contribution in [1.29, 1.82) is 5.26 Å². The lowest BCUT2D eigenvalue weighted by Gasteiger charge is -1.86. The van der Waals surface area contributed by atoms with Crippen LogP contribution in [-0.2, 0) is 0 Å². The number of nitrogens with zero attached hydrogens (tertiary/aromatic N) is 2. The van der Waals surface area contributed by atoms with E-state index >= 15 is 0 Å². The van der Waals surface area contributed by atoms with E-state index in [0.29, 0.717) is 22.4 Å². The van der Waals surface area contributed by atoms with Crippen molar-refractivity contribution in [2.75, 3.05) is 0 Å². The van der Waals surface area contributed by atoms with E-state index < -0.39 is 0 Å². The first-order valence-electron chi connectivity index (χ1n) is 4.05. The van der Waals surface area contributed by atoms with Crippen LogP contribution in [0.4, 0.5) is 0 Å². The van der Waals surface area contributed by atoms with Crippen molar-refractivity contribution in [2.45, 2.75) is 0 Å². The highest BCUT2D eigenvalue weighted by Crippen LogP contribution is 2.23. The van der Waals surface area contributed by atoms with Gasteiger partial charge in [-0.2, -0.15) is 5.26 Å². The molecule has 0 radical (unpaired) electrons. The minimum atomic E-state index is -0.0256. The fraction of sp³-hybridized carbons (Fsp3) is 0. The number of oxazole rings is 1. The van der Waals surface area contributed by atoms with Crippen LogP contribution in [0.3, 0.4) is 0 Å². The van der Waals surface area contributed by atoms with Crippen LogP contribution in [0.2, 0.25) is 5.02 Å². The molecule has 0 bridgehead atoms. The minimum absolute atomic E-state index is 0.0256. The molecule has 2 rings (SSSR count). The third-order valence-corrected chi connectivity index (χ3v) is 2.06. The summed E-state index contributed by atoms with van der Waals surface area (Å²) in [6.07, 6.45) is 0.659. The SMILES string of the molecule is N#CC(=CO)c1nc2cc(Cl)ccc2o1. The van der Waals surface area contributed by atoms with Crippen molar-refractivity contribution in [1.82, 2.24) is 4.98 Å². The van der Waals surface area contributed by atoms with Crippen LogP contribution in [0.15, 0.2) is 28.9 Å². The number of fused-ring (bicyclic) bond motifs is 1. The molecular weight excluding hydrogens is 216 g/mol. The molecule has 0 unspecified atom stereocenters. The fourth-order valence-electron chi connectivity index (χ4n) is 1.15. The van der Waals surface area contributed by atoms with Gasteiger partial charge in [-0.1, -0.05) is 11.6 Å². The van der Waals surface area contributed by atoms with E-state index in [1.807, 2.05) is 0 Å². The normalized spacial score (nSPS) is 11.6. The summed E-state index contributed by atoms with van der Waals surface area (Å²) in [6.45, 7) is 0. The highest BCUT2D eigenvalue weighted by atomic mass is 35.5. The summed E-state index contributed by atoms with van der Waals surface area (Å²) < 4.78 is 5.25. The van der Waals surface area contributed by atoms with Crippen LogP contribution in [0.25, 0.3) is 16.7 Å². The molecule has 74 valence electrons. The van der Waals surface area contributed by atoms with Gasteiger partial charge in [0.25, 0.3) is 0 Å². The summed E-state index contributed by atoms with van der Waals surface area (Å²) in [5, 5.41) is 17.9. The Morgan fingerprint density at radius 1 is 1.60 bits per heavy atom. The number of halogens is 1. The molecule has 0 atom stereocenters. The third-order valence-electron chi connectivity index (χ3n) is 1.83. The summed E-state index contributed by atoms with van der Waals surface area (Å²) in [5.41, 5.74) is 1.04. The van der Waals surface area contributed by atoms with Gasteiger partial charge in [0.15, 0.2) is 5.58 Å². The Hall–Kier alpha value is -1.99. The van der Waals surface area contributed by atoms with E-state index in [1.165, 1.54) is 0 Å². The van der Waals surface area contributed by atoms with E-state index in [0.717, 1.165) is 0 Å². The number of aromatic nitrogens is 1. The van der Waals surface area contributed by atoms with Crippen molar-refractivity contribution in [3.8, 4) is 6.07 Å². The Bertz CT molecular complexity index is 581. The van der Waals surface area contributed by atoms with Crippen LogP contribution < -0.4 is 0 Å². The zero-order valence-electron chi connectivity index (χ0n) is 7.44. The average molecular weight is 221 g/mol. The topological polar surface area (TPSA) is 70.0 Å². The maximum absolute atomic E-state index is 8.75. The molecule has 1 aromatic carbocycles. The van der Waals surface area contributed by atoms with Crippen LogP contribution in [0, 0.1) is 11.3 Å². The van der Waals surface area contributed by atoms with Gasteiger partial charge in [0, 0.05) is 5.02 Å². The summed E-state index contributed by atoms with van der Waals surface area (Å²) in [4.78, 5) is 4.01. The first-order chi connectivity index (χ1) is 7.24. The largest absolute Gasteiger partial charge is 0.514 e. The second-order valence-corrected chi connectivity index (χ2v) is 3.22. The number of hydrogen-bond acceptors (Lipinski definition) is 4. The van der Waals surface area contributed by atoms with E-state index in [4.69, 9.17) is 26.4 Å². The molecule has 0 saturated heterocycles. The van der Waals surface area contributed by atoms with Gasteiger partial charge < -0.3 is 9.52 Å². The lowest BCUT2D eigenvalue weighted by Crippen LogP contribution is -1.79. The Morgan fingerprint density at radius 2 is 2.40 bits per heavy atom. The number of rotatable bonds is 1. The maximum atomic E-state index is 8.75. The highest BCUT2D eigenvalue weighted by Gasteiger charge is 2.10. The predicted octanol–water partition coefficient (Wildman–Crippen LogP) is 2.90. The molecule has 0 fully saturated rings. The van der Waals surface area contributed by atoms with E-state index in [-0.39, 0.29) is 11.5 Å². The van der Waals surface area contributed by atoms with Gasteiger partial charge in [-0.15, -0.1) is 0 Å². The number of aliphatic hydroxyl groups is 1. The van der Waals surface area contributed by atoms with Gasteiger partial charge in [0.05, 0.1) is 0 Å². The molecule has 2 aromatic rings. The summed E-state index contributed by atoms with van der Waals surface area (Å²) in [5.74, 6) is 0.0808. The first-order valence-corrected chi connectivity index (χ1v) is 4.43. The quantitative estimate of drug-likeness (QED) is 0.593. The molecular formula is C10H5ClN2O2. The molecule has 5 heteroatoms. The van der Waals surface area contributed by atoms with Gasteiger partial charge in [0.1, 0.15) is 23.4 Å². The number of hydrogen-bond donors (Lipinski definition) is 1. The monoisotopic (exact) mass is 220 g/mol. The Labute approximate surface area is 90.0 Å². The molecule has 1 heterocycles. The smallest absolute Gasteiger partial charge is 0.241 e. The Kier molecular flexibility index (Phi) is 2.32. The van der Waals surface area contributed by atoms with E-state index in [9.17, 15) is 0 Å². The second-order valence-electron chi connectivity index (χ2n) is 2.79. The zero-order chi connectivity index (χ0) is 10.8. The Morgan fingerprint density at radius 3 is 3.07 bits per heavy atom. The lowest BCUT2D eigenvalue weighted by molar-refractivity contribution is 0.473. The molecule has 1 N–H and O–H groups in total. The average Bonchev–Trinajstić information content (AvgIpc) is 2.62. The summed E-state index contributed by atoms with van der Waals surface area (Å²) >= 11 is 5.76. The van der Waals surface area contributed by atoms with Crippen molar-refractivity contribution in [2.24, 2.45) is 0 Å². The third kappa shape index (κ3) is 1.65. The van der Waals surface area contributed by atoms with Crippen molar-refractivity contribution in [3.63, 3.8) is 0 Å². The Balaban J connectivity index is 2.62. The molecule has 0 amide bonds. The zero-order valence-corrected chi connectivity index (χ0v) is 8.19. The molecule has 0 spiro atoms. The molecule has 0 aliphatic carbocycles. The predicted molar refractivity (Wildman–Crippen MR) is 55.2 cm³/mol. The second kappa shape index (κ2) is 3.64. The van der Waals surface area contributed by atoms with Gasteiger partial charge in [-0.25, -0.2) is 4.98 Å². The molecule has 0 aliphatic heterocycles. The number of nitriles is 1. The molecule has 1 aromatic heterocycles. The minimum Gasteiger partial charge on any atom is -0.514 e. The van der Waals surface area contributed by atoms with Gasteiger partial charge in [0.2, 0.25) is 5.89 Å². The highest BCUT2D eigenvalue weighted by molar-refractivity contribution is 6.31. The summed E-state index contributed by atoms with van der Waals surface area (Å²) in [7, 11) is 0. The van der Waals surface area contributed by atoms with E-state index in [2.05, 4.69) is 4.98 Å². The van der Waals surface area contributed by atoms with Crippen molar-refractivity contribution < 1.29 is 9.52 Å². The summed E-state index contributed by atoms with van der Waals surface area (Å²) in [6, 6.07) is 6.70.